The molecule has 1 saturated heterocycles. The number of likely N-dealkylation sites (tertiary alicyclic amines) is 1. The number of aliphatic carboxylic acids is 1. The summed E-state index contributed by atoms with van der Waals surface area (Å²) in [5, 5.41) is 9.97. The molecule has 2 aliphatic rings. The number of fused-ring (bicyclic) bond motifs is 1. The van der Waals surface area contributed by atoms with E-state index in [2.05, 4.69) is 0 Å². The van der Waals surface area contributed by atoms with Crippen LogP contribution in [0.2, 0.25) is 5.02 Å². The third kappa shape index (κ3) is 2.44. The maximum atomic E-state index is 12.8. The van der Waals surface area contributed by atoms with Crippen LogP contribution in [0.4, 0.5) is 0 Å². The van der Waals surface area contributed by atoms with Crippen molar-refractivity contribution < 1.29 is 14.7 Å². The number of carbonyl (C=O) groups is 2. The predicted molar refractivity (Wildman–Crippen MR) is 78.4 cm³/mol. The van der Waals surface area contributed by atoms with E-state index in [1.807, 2.05) is 0 Å². The first-order valence-corrected chi connectivity index (χ1v) is 7.74. The van der Waals surface area contributed by atoms with Crippen molar-refractivity contribution >= 4 is 23.5 Å². The van der Waals surface area contributed by atoms with Gasteiger partial charge in [-0.2, -0.15) is 0 Å². The van der Waals surface area contributed by atoms with Gasteiger partial charge in [-0.3, -0.25) is 4.79 Å². The number of aryl methyl sites for hydroxylation is 1. The second-order valence-electron chi connectivity index (χ2n) is 6.07. The lowest BCUT2D eigenvalue weighted by molar-refractivity contribution is -0.141. The largest absolute Gasteiger partial charge is 0.480 e. The van der Waals surface area contributed by atoms with E-state index < -0.39 is 12.0 Å². The van der Waals surface area contributed by atoms with Crippen LogP contribution in [0.5, 0.6) is 0 Å². The van der Waals surface area contributed by atoms with Crippen molar-refractivity contribution in [1.82, 2.24) is 9.47 Å². The van der Waals surface area contributed by atoms with Crippen LogP contribution in [-0.4, -0.2) is 38.5 Å². The monoisotopic (exact) mass is 310 g/mol. The average molecular weight is 311 g/mol. The highest BCUT2D eigenvalue weighted by molar-refractivity contribution is 6.31. The summed E-state index contributed by atoms with van der Waals surface area (Å²) in [6.07, 6.45) is 6.35. The van der Waals surface area contributed by atoms with E-state index in [0.29, 0.717) is 23.1 Å². The minimum Gasteiger partial charge on any atom is -0.480 e. The molecule has 0 bridgehead atoms. The maximum absolute atomic E-state index is 12.8. The Kier molecular flexibility index (Phi) is 3.69. The number of halogens is 1. The maximum Gasteiger partial charge on any atom is 0.326 e. The number of hydrogen-bond acceptors (Lipinski definition) is 2. The summed E-state index contributed by atoms with van der Waals surface area (Å²) in [6.45, 7) is 0. The van der Waals surface area contributed by atoms with Crippen molar-refractivity contribution in [2.75, 3.05) is 0 Å². The molecular formula is C15H19ClN2O3. The first-order chi connectivity index (χ1) is 9.99. The van der Waals surface area contributed by atoms with E-state index in [1.54, 1.807) is 28.8 Å². The molecule has 2 heterocycles. The third-order valence-electron chi connectivity index (χ3n) is 4.80. The number of hydrogen-bond donors (Lipinski definition) is 1. The Balaban J connectivity index is 1.94. The highest BCUT2D eigenvalue weighted by Gasteiger charge is 2.48. The molecule has 114 valence electrons. The van der Waals surface area contributed by atoms with Gasteiger partial charge in [0.15, 0.2) is 0 Å². The van der Waals surface area contributed by atoms with E-state index in [4.69, 9.17) is 11.6 Å². The van der Waals surface area contributed by atoms with Gasteiger partial charge >= 0.3 is 5.97 Å². The Bertz CT molecular complexity index is 583. The number of nitrogens with zero attached hydrogens (tertiary/aromatic N) is 2. The highest BCUT2D eigenvalue weighted by atomic mass is 35.5. The van der Waals surface area contributed by atoms with Crippen LogP contribution in [0, 0.1) is 5.92 Å². The average Bonchev–Trinajstić information content (AvgIpc) is 2.98. The second kappa shape index (κ2) is 5.37. The van der Waals surface area contributed by atoms with Crippen LogP contribution in [0.25, 0.3) is 0 Å². The molecule has 6 heteroatoms. The van der Waals surface area contributed by atoms with Crippen LogP contribution in [0.1, 0.15) is 42.6 Å². The molecular weight excluding hydrogens is 292 g/mol. The van der Waals surface area contributed by atoms with Crippen LogP contribution in [0.3, 0.4) is 0 Å². The molecule has 0 spiro atoms. The Morgan fingerprint density at radius 3 is 2.67 bits per heavy atom. The zero-order chi connectivity index (χ0) is 15.1. The van der Waals surface area contributed by atoms with Gasteiger partial charge in [0.25, 0.3) is 5.91 Å². The first kappa shape index (κ1) is 14.4. The predicted octanol–water partition coefficient (Wildman–Crippen LogP) is 2.54. The quantitative estimate of drug-likeness (QED) is 0.913. The summed E-state index contributed by atoms with van der Waals surface area (Å²) in [5.74, 6) is -0.802. The summed E-state index contributed by atoms with van der Waals surface area (Å²) in [5.41, 5.74) is 0.456. The summed E-state index contributed by atoms with van der Waals surface area (Å²) in [6, 6.07) is 0.958. The number of carbonyl (C=O) groups excluding carboxylic acids is 1. The standard InChI is InChI=1S/C15H19ClN2O3/c1-17-8-10(16)7-12(17)14(19)18-11-5-3-2-4-9(11)6-13(18)15(20)21/h7-9,11,13H,2-6H2,1H3,(H,20,21)/t9-,11-,13+/m1/s1. The molecule has 2 fully saturated rings. The van der Waals surface area contributed by atoms with Crippen molar-refractivity contribution in [2.45, 2.75) is 44.2 Å². The molecule has 1 aliphatic carbocycles. The number of aromatic nitrogens is 1. The number of carboxylic acid groups (broad SMARTS) is 1. The van der Waals surface area contributed by atoms with E-state index in [-0.39, 0.29) is 11.9 Å². The van der Waals surface area contributed by atoms with Gasteiger partial charge in [0.2, 0.25) is 0 Å². The molecule has 21 heavy (non-hydrogen) atoms. The summed E-state index contributed by atoms with van der Waals surface area (Å²) in [4.78, 5) is 26.0. The van der Waals surface area contributed by atoms with Gasteiger partial charge in [-0.05, 0) is 31.2 Å². The van der Waals surface area contributed by atoms with Crippen molar-refractivity contribution in [3.8, 4) is 0 Å². The minimum atomic E-state index is -0.905. The Hall–Kier alpha value is -1.49. The molecule has 0 aromatic carbocycles. The van der Waals surface area contributed by atoms with Crippen LogP contribution >= 0.6 is 11.6 Å². The number of amides is 1. The molecule has 0 radical (unpaired) electrons. The van der Waals surface area contributed by atoms with Crippen LogP contribution < -0.4 is 0 Å². The molecule has 1 N–H and O–H groups in total. The van der Waals surface area contributed by atoms with Crippen molar-refractivity contribution in [1.29, 1.82) is 0 Å². The van der Waals surface area contributed by atoms with E-state index in [9.17, 15) is 14.7 Å². The first-order valence-electron chi connectivity index (χ1n) is 7.36. The molecule has 1 aromatic rings. The second-order valence-corrected chi connectivity index (χ2v) is 6.50. The molecule has 3 atom stereocenters. The fourth-order valence-corrected chi connectivity index (χ4v) is 4.09. The lowest BCUT2D eigenvalue weighted by atomic mass is 9.84. The van der Waals surface area contributed by atoms with E-state index in [1.165, 1.54) is 0 Å². The molecule has 1 saturated carbocycles. The number of carboxylic acids is 1. The van der Waals surface area contributed by atoms with Crippen LogP contribution in [-0.2, 0) is 11.8 Å². The molecule has 1 aliphatic heterocycles. The zero-order valence-electron chi connectivity index (χ0n) is 12.0. The van der Waals surface area contributed by atoms with Gasteiger partial charge in [-0.15, -0.1) is 0 Å². The van der Waals surface area contributed by atoms with Gasteiger partial charge in [-0.25, -0.2) is 4.79 Å². The smallest absolute Gasteiger partial charge is 0.326 e. The lowest BCUT2D eigenvalue weighted by Crippen LogP contribution is -2.46. The van der Waals surface area contributed by atoms with Crippen molar-refractivity contribution in [3.63, 3.8) is 0 Å². The fraction of sp³-hybridized carbons (Fsp3) is 0.600. The van der Waals surface area contributed by atoms with Crippen molar-refractivity contribution in [3.05, 3.63) is 23.0 Å². The normalized spacial score (nSPS) is 28.5. The fourth-order valence-electron chi connectivity index (χ4n) is 3.84. The molecule has 1 amide bonds. The topological polar surface area (TPSA) is 62.5 Å². The Labute approximate surface area is 128 Å². The zero-order valence-corrected chi connectivity index (χ0v) is 12.7. The summed E-state index contributed by atoms with van der Waals surface area (Å²) >= 11 is 5.94. The van der Waals surface area contributed by atoms with Gasteiger partial charge in [-0.1, -0.05) is 24.4 Å². The molecule has 0 unspecified atom stereocenters. The van der Waals surface area contributed by atoms with Gasteiger partial charge < -0.3 is 14.6 Å². The van der Waals surface area contributed by atoms with Gasteiger partial charge in [0, 0.05) is 19.3 Å². The molecule has 3 rings (SSSR count). The van der Waals surface area contributed by atoms with Gasteiger partial charge in [0.1, 0.15) is 11.7 Å². The van der Waals surface area contributed by atoms with E-state index >= 15 is 0 Å². The van der Waals surface area contributed by atoms with Gasteiger partial charge in [0.05, 0.1) is 5.02 Å². The van der Waals surface area contributed by atoms with Crippen molar-refractivity contribution in [2.24, 2.45) is 13.0 Å². The Morgan fingerprint density at radius 2 is 2.05 bits per heavy atom. The Morgan fingerprint density at radius 1 is 1.33 bits per heavy atom. The van der Waals surface area contributed by atoms with E-state index in [0.717, 1.165) is 25.7 Å². The number of rotatable bonds is 2. The highest BCUT2D eigenvalue weighted by Crippen LogP contribution is 2.40. The third-order valence-corrected chi connectivity index (χ3v) is 5.01. The summed E-state index contributed by atoms with van der Waals surface area (Å²) in [7, 11) is 1.75. The SMILES string of the molecule is Cn1cc(Cl)cc1C(=O)N1[C@@H]2CCCC[C@@H]2C[C@H]1C(=O)O. The lowest BCUT2D eigenvalue weighted by Gasteiger charge is -2.33. The minimum absolute atomic E-state index is 0.0565. The summed E-state index contributed by atoms with van der Waals surface area (Å²) < 4.78 is 1.67. The van der Waals surface area contributed by atoms with Crippen LogP contribution in [0.15, 0.2) is 12.3 Å². The molecule has 5 nitrogen and oxygen atoms in total. The molecule has 1 aromatic heterocycles.